The molecule has 0 unspecified atom stereocenters. The first-order valence-corrected chi connectivity index (χ1v) is 6.40. The smallest absolute Gasteiger partial charge is 0.195 e. The largest absolute Gasteiger partial charge is 0.383 e. The van der Waals surface area contributed by atoms with Crippen molar-refractivity contribution in [2.45, 2.75) is 0 Å². The summed E-state index contributed by atoms with van der Waals surface area (Å²) in [4.78, 5) is 5.44. The van der Waals surface area contributed by atoms with Crippen molar-refractivity contribution >= 4 is 38.0 Å². The highest BCUT2D eigenvalue weighted by Crippen LogP contribution is 2.29. The molecule has 3 rings (SSSR count). The minimum Gasteiger partial charge on any atom is -0.383 e. The van der Waals surface area contributed by atoms with Gasteiger partial charge in [-0.3, -0.25) is 4.40 Å². The highest BCUT2D eigenvalue weighted by Gasteiger charge is 2.11. The van der Waals surface area contributed by atoms with E-state index >= 15 is 0 Å². The number of thiazole rings is 1. The van der Waals surface area contributed by atoms with Gasteiger partial charge in [-0.05, 0) is 12.1 Å². The predicted molar refractivity (Wildman–Crippen MR) is 70.6 cm³/mol. The van der Waals surface area contributed by atoms with Crippen molar-refractivity contribution in [3.05, 3.63) is 40.3 Å². The Bertz CT molecular complexity index is 639. The molecule has 2 aromatic heterocycles. The Kier molecular flexibility index (Phi) is 2.22. The normalized spacial score (nSPS) is 11.1. The molecule has 80 valence electrons. The molecule has 2 heterocycles. The highest BCUT2D eigenvalue weighted by atomic mass is 79.9. The van der Waals surface area contributed by atoms with E-state index in [9.17, 15) is 0 Å². The van der Waals surface area contributed by atoms with E-state index in [-0.39, 0.29) is 0 Å². The van der Waals surface area contributed by atoms with Gasteiger partial charge in [0.2, 0.25) is 0 Å². The summed E-state index contributed by atoms with van der Waals surface area (Å²) in [6.45, 7) is 0. The molecule has 0 radical (unpaired) electrons. The number of anilines is 1. The molecule has 0 saturated heterocycles. The molecule has 0 amide bonds. The Balaban J connectivity index is 2.21. The third-order valence-corrected chi connectivity index (χ3v) is 3.70. The van der Waals surface area contributed by atoms with Gasteiger partial charge in [0.25, 0.3) is 0 Å². The number of fused-ring (bicyclic) bond motifs is 1. The van der Waals surface area contributed by atoms with E-state index < -0.39 is 0 Å². The fourth-order valence-electron chi connectivity index (χ4n) is 1.62. The summed E-state index contributed by atoms with van der Waals surface area (Å²) in [7, 11) is 0. The minimum absolute atomic E-state index is 0.693. The van der Waals surface area contributed by atoms with Gasteiger partial charge in [-0.2, -0.15) is 0 Å². The van der Waals surface area contributed by atoms with E-state index in [1.54, 1.807) is 11.3 Å². The Morgan fingerprint density at radius 2 is 2.00 bits per heavy atom. The van der Waals surface area contributed by atoms with E-state index in [1.807, 2.05) is 40.2 Å². The van der Waals surface area contributed by atoms with Gasteiger partial charge in [-0.15, -0.1) is 11.3 Å². The Morgan fingerprint density at radius 3 is 2.69 bits per heavy atom. The lowest BCUT2D eigenvalue weighted by Crippen LogP contribution is -1.91. The maximum Gasteiger partial charge on any atom is 0.195 e. The number of imidazole rings is 1. The van der Waals surface area contributed by atoms with Crippen LogP contribution in [0.2, 0.25) is 0 Å². The fourth-order valence-corrected chi connectivity index (χ4v) is 2.61. The first-order valence-electron chi connectivity index (χ1n) is 4.72. The van der Waals surface area contributed by atoms with E-state index in [0.29, 0.717) is 5.82 Å². The van der Waals surface area contributed by atoms with Crippen LogP contribution in [0.25, 0.3) is 16.2 Å². The minimum atomic E-state index is 0.693. The van der Waals surface area contributed by atoms with Gasteiger partial charge in [0, 0.05) is 21.6 Å². The molecule has 3 nitrogen and oxygen atoms in total. The van der Waals surface area contributed by atoms with Crippen LogP contribution in [0.5, 0.6) is 0 Å². The number of rotatable bonds is 1. The van der Waals surface area contributed by atoms with Crippen LogP contribution >= 0.6 is 27.3 Å². The second-order valence-electron chi connectivity index (χ2n) is 3.41. The number of aromatic nitrogens is 2. The Labute approximate surface area is 105 Å². The maximum absolute atomic E-state index is 6.05. The first kappa shape index (κ1) is 9.86. The zero-order chi connectivity index (χ0) is 11.1. The second-order valence-corrected chi connectivity index (χ2v) is 5.20. The van der Waals surface area contributed by atoms with Crippen LogP contribution in [-0.4, -0.2) is 9.38 Å². The number of nitrogens with zero attached hydrogens (tertiary/aromatic N) is 2. The van der Waals surface area contributed by atoms with Gasteiger partial charge in [-0.1, -0.05) is 28.1 Å². The summed E-state index contributed by atoms with van der Waals surface area (Å²) in [6.07, 6.45) is 1.94. The van der Waals surface area contributed by atoms with Crippen molar-refractivity contribution in [1.29, 1.82) is 0 Å². The molecular weight excluding hydrogens is 286 g/mol. The molecule has 0 bridgehead atoms. The van der Waals surface area contributed by atoms with Gasteiger partial charge in [0.1, 0.15) is 11.5 Å². The van der Waals surface area contributed by atoms with Crippen molar-refractivity contribution in [2.24, 2.45) is 0 Å². The van der Waals surface area contributed by atoms with Gasteiger partial charge in [0.05, 0.1) is 0 Å². The molecule has 3 aromatic rings. The number of halogens is 1. The van der Waals surface area contributed by atoms with Crippen molar-refractivity contribution in [3.63, 3.8) is 0 Å². The summed E-state index contributed by atoms with van der Waals surface area (Å²) in [5.74, 6) is 0.693. The summed E-state index contributed by atoms with van der Waals surface area (Å²) in [5, 5.41) is 1.98. The van der Waals surface area contributed by atoms with Gasteiger partial charge in [-0.25, -0.2) is 4.98 Å². The number of hydrogen-bond acceptors (Lipinski definition) is 3. The van der Waals surface area contributed by atoms with Gasteiger partial charge >= 0.3 is 0 Å². The molecule has 0 aliphatic carbocycles. The van der Waals surface area contributed by atoms with Crippen LogP contribution in [0.1, 0.15) is 0 Å². The van der Waals surface area contributed by atoms with Crippen LogP contribution in [0.3, 0.4) is 0 Å². The topological polar surface area (TPSA) is 43.3 Å². The molecule has 2 N–H and O–H groups in total. The lowest BCUT2D eigenvalue weighted by Gasteiger charge is -1.98. The molecule has 1 aromatic carbocycles. The lowest BCUT2D eigenvalue weighted by molar-refractivity contribution is 1.24. The number of hydrogen-bond donors (Lipinski definition) is 1. The van der Waals surface area contributed by atoms with Crippen LogP contribution in [0, 0.1) is 0 Å². The molecule has 5 heteroatoms. The highest BCUT2D eigenvalue weighted by molar-refractivity contribution is 9.10. The predicted octanol–water partition coefficient (Wildman–Crippen LogP) is 3.41. The monoisotopic (exact) mass is 293 g/mol. The lowest BCUT2D eigenvalue weighted by atomic mass is 10.1. The van der Waals surface area contributed by atoms with Crippen LogP contribution in [0.15, 0.2) is 40.3 Å². The summed E-state index contributed by atoms with van der Waals surface area (Å²) in [6, 6.07) is 7.99. The van der Waals surface area contributed by atoms with E-state index in [4.69, 9.17) is 5.73 Å². The zero-order valence-electron chi connectivity index (χ0n) is 8.22. The van der Waals surface area contributed by atoms with E-state index in [0.717, 1.165) is 20.7 Å². The fraction of sp³-hybridized carbons (Fsp3) is 0. The molecule has 0 spiro atoms. The third-order valence-electron chi connectivity index (χ3n) is 2.42. The second kappa shape index (κ2) is 3.61. The Hall–Kier alpha value is -1.33. The SMILES string of the molecule is Nc1c(-c2ccc(Br)cc2)nc2sccn12. The maximum atomic E-state index is 6.05. The van der Waals surface area contributed by atoms with Crippen molar-refractivity contribution in [3.8, 4) is 11.3 Å². The number of nitrogens with two attached hydrogens (primary N) is 1. The molecule has 0 aliphatic heterocycles. The van der Waals surface area contributed by atoms with Crippen LogP contribution in [0.4, 0.5) is 5.82 Å². The van der Waals surface area contributed by atoms with Crippen LogP contribution < -0.4 is 5.73 Å². The average molecular weight is 294 g/mol. The quantitative estimate of drug-likeness (QED) is 0.747. The molecule has 0 atom stereocenters. The Morgan fingerprint density at radius 1 is 1.25 bits per heavy atom. The average Bonchev–Trinajstić information content (AvgIpc) is 2.84. The number of benzene rings is 1. The van der Waals surface area contributed by atoms with Gasteiger partial charge < -0.3 is 5.73 Å². The standard InChI is InChI=1S/C11H8BrN3S/c12-8-3-1-7(2-4-8)9-10(13)15-5-6-16-11(15)14-9/h1-6H,13H2. The van der Waals surface area contributed by atoms with Crippen molar-refractivity contribution in [2.75, 3.05) is 5.73 Å². The molecule has 16 heavy (non-hydrogen) atoms. The first-order chi connectivity index (χ1) is 7.75. The van der Waals surface area contributed by atoms with E-state index in [1.165, 1.54) is 0 Å². The van der Waals surface area contributed by atoms with Gasteiger partial charge in [0.15, 0.2) is 4.96 Å². The van der Waals surface area contributed by atoms with Crippen molar-refractivity contribution < 1.29 is 0 Å². The molecule has 0 aliphatic rings. The third kappa shape index (κ3) is 1.44. The van der Waals surface area contributed by atoms with E-state index in [2.05, 4.69) is 20.9 Å². The molecular formula is C11H8BrN3S. The van der Waals surface area contributed by atoms with Crippen molar-refractivity contribution in [1.82, 2.24) is 9.38 Å². The molecule has 0 saturated carbocycles. The summed E-state index contributed by atoms with van der Waals surface area (Å²) in [5.41, 5.74) is 7.93. The molecule has 0 fully saturated rings. The zero-order valence-corrected chi connectivity index (χ0v) is 10.6. The summed E-state index contributed by atoms with van der Waals surface area (Å²) < 4.78 is 2.96. The van der Waals surface area contributed by atoms with Crippen LogP contribution in [-0.2, 0) is 0 Å². The number of nitrogen functional groups attached to an aromatic ring is 1. The summed E-state index contributed by atoms with van der Waals surface area (Å²) >= 11 is 4.99.